The second-order valence-electron chi connectivity index (χ2n) is 32.2. The van der Waals surface area contributed by atoms with Crippen LogP contribution in [0.2, 0.25) is 0 Å². The number of allylic oxidation sites excluding steroid dienone is 1. The van der Waals surface area contributed by atoms with Crippen LogP contribution < -0.4 is 47.2 Å². The summed E-state index contributed by atoms with van der Waals surface area (Å²) < 4.78 is 37.8. The van der Waals surface area contributed by atoms with Gasteiger partial charge in [0, 0.05) is 118 Å². The molecule has 0 aromatic heterocycles. The standard InChI is InChI=1S/C87H132N10O13.C2H6.CH4/c1-11-94(12-2)63-26-29-69-76(57-63)110-77-58-64(95(13-3)14-4)27-30-70(77)82(69)66-22-15-16-23-67(66)85(104)97-46-44-96(45-47-97)81(101)34-33-75(93-79(99)38-49-106-52-54-107-50-42-89-10)84(103)91-43-51-108-55-53-105-48-37-78(98)92-74(83(88)102)24-17-18-41-90-80(100)59-109-65-35-39-86(8)62(56-65)25-28-68-72-32-31-71(61(7)21-19-20-60(5)6)87(72,9)40-36-73(68)86;1-2;/h15-16,22-23,25-27,29-30,57-58,60-61,65,68,71-75,89H,11-14,17-21,24,28,31-56,59H2,1-10H3,(H5-,88,90,91,92,93,98,99,100,102,103);1-2H3;1H4/p+1/t61?,65-,68?,71+,72?,73?,74-,75-,86-,87+;;/m0../s1. The molecule has 2 aromatic rings. The van der Waals surface area contributed by atoms with Crippen LogP contribution in [0.4, 0.5) is 5.69 Å². The molecule has 2 aromatic carbocycles. The molecule has 2 aliphatic heterocycles. The third kappa shape index (κ3) is 25.6. The van der Waals surface area contributed by atoms with Crippen molar-refractivity contribution in [1.82, 2.24) is 41.0 Å². The molecule has 23 heteroatoms. The van der Waals surface area contributed by atoms with Crippen molar-refractivity contribution in [3.63, 3.8) is 0 Å². The molecule has 23 nitrogen and oxygen atoms in total. The van der Waals surface area contributed by atoms with Gasteiger partial charge >= 0.3 is 0 Å². The van der Waals surface area contributed by atoms with E-state index in [0.29, 0.717) is 76.2 Å². The lowest BCUT2D eigenvalue weighted by atomic mass is 9.47. The van der Waals surface area contributed by atoms with Gasteiger partial charge in [-0.2, -0.15) is 0 Å². The van der Waals surface area contributed by atoms with Crippen molar-refractivity contribution >= 4 is 58.0 Å². The normalized spacial score (nSPS) is 21.3. The lowest BCUT2D eigenvalue weighted by Crippen LogP contribution is -2.51. The summed E-state index contributed by atoms with van der Waals surface area (Å²) in [6.45, 7) is 32.5. The molecular formula is C90H143N10O13+. The maximum atomic E-state index is 14.8. The van der Waals surface area contributed by atoms with Crippen LogP contribution in [0, 0.1) is 46.3 Å². The number of nitrogens with zero attached hydrogens (tertiary/aromatic N) is 4. The summed E-state index contributed by atoms with van der Waals surface area (Å²) in [5.74, 6) is 3.06. The first kappa shape index (κ1) is 92.9. The van der Waals surface area contributed by atoms with Crippen molar-refractivity contribution < 1.29 is 61.7 Å². The molecule has 7 amide bonds. The molecule has 0 bridgehead atoms. The number of likely N-dealkylation sites (N-methyl/N-ethyl adjacent to an activating group) is 1. The predicted molar refractivity (Wildman–Crippen MR) is 450 cm³/mol. The van der Waals surface area contributed by atoms with Crippen LogP contribution in [0.25, 0.3) is 33.4 Å². The Labute approximate surface area is 675 Å². The highest BCUT2D eigenvalue weighted by molar-refractivity contribution is 6.09. The molecule has 7 N–H and O–H groups in total. The number of anilines is 1. The molecule has 1 saturated heterocycles. The lowest BCUT2D eigenvalue weighted by Gasteiger charge is -2.58. The largest absolute Gasteiger partial charge is 0.456 e. The number of amides is 7. The summed E-state index contributed by atoms with van der Waals surface area (Å²) in [7, 11) is 1.84. The number of unbranched alkanes of at least 4 members (excludes halogenated alkanes) is 1. The topological polar surface area (TPSA) is 278 Å². The molecule has 3 saturated carbocycles. The first-order valence-electron chi connectivity index (χ1n) is 42.8. The Morgan fingerprint density at radius 2 is 1.32 bits per heavy atom. The first-order chi connectivity index (χ1) is 54.1. The zero-order chi connectivity index (χ0) is 80.7. The molecular weight excluding hydrogens is 1430 g/mol. The number of primary amides is 1. The Bertz CT molecular complexity index is 3730. The fraction of sp³-hybridized carbons (Fsp3) is 0.689. The highest BCUT2D eigenvalue weighted by atomic mass is 16.5. The molecule has 113 heavy (non-hydrogen) atoms. The van der Waals surface area contributed by atoms with Gasteiger partial charge in [0.2, 0.25) is 40.8 Å². The maximum absolute atomic E-state index is 14.8. The minimum atomic E-state index is -1.04. The van der Waals surface area contributed by atoms with Crippen LogP contribution in [0.3, 0.4) is 0 Å². The van der Waals surface area contributed by atoms with Gasteiger partial charge in [0.15, 0.2) is 0 Å². The molecule has 9 rings (SSSR count). The van der Waals surface area contributed by atoms with Gasteiger partial charge in [-0.1, -0.05) is 105 Å². The first-order valence-corrected chi connectivity index (χ1v) is 42.8. The molecule has 5 aliphatic carbocycles. The molecule has 2 heterocycles. The number of ether oxygens (including phenoxy) is 5. The van der Waals surface area contributed by atoms with Crippen molar-refractivity contribution in [3.05, 3.63) is 83.2 Å². The van der Waals surface area contributed by atoms with Gasteiger partial charge in [-0.3, -0.25) is 33.6 Å². The van der Waals surface area contributed by atoms with E-state index in [1.807, 2.05) is 45.2 Å². The minimum Gasteiger partial charge on any atom is -0.456 e. The number of rotatable bonds is 45. The highest BCUT2D eigenvalue weighted by Gasteiger charge is 2.59. The second kappa shape index (κ2) is 47.1. The quantitative estimate of drug-likeness (QED) is 0.0104. The molecule has 4 unspecified atom stereocenters. The van der Waals surface area contributed by atoms with Crippen LogP contribution >= 0.6 is 0 Å². The summed E-state index contributed by atoms with van der Waals surface area (Å²) in [6, 6.07) is 18.4. The fourth-order valence-corrected chi connectivity index (χ4v) is 18.7. The van der Waals surface area contributed by atoms with Crippen LogP contribution in [0.1, 0.15) is 210 Å². The number of carbonyl (C=O) groups is 7. The Hall–Kier alpha value is -7.28. The summed E-state index contributed by atoms with van der Waals surface area (Å²) in [5, 5.41) is 16.3. The predicted octanol–water partition coefficient (Wildman–Crippen LogP) is 11.9. The van der Waals surface area contributed by atoms with Crippen LogP contribution in [0.5, 0.6) is 0 Å². The van der Waals surface area contributed by atoms with E-state index in [9.17, 15) is 33.6 Å². The van der Waals surface area contributed by atoms with Crippen molar-refractivity contribution in [2.75, 3.05) is 143 Å². The number of hydrogen-bond acceptors (Lipinski definition) is 15. The lowest BCUT2D eigenvalue weighted by molar-refractivity contribution is -0.134. The smallest absolute Gasteiger partial charge is 0.254 e. The van der Waals surface area contributed by atoms with Gasteiger partial charge < -0.3 is 75.1 Å². The summed E-state index contributed by atoms with van der Waals surface area (Å²) in [6.07, 6.45) is 17.8. The molecule has 10 atom stereocenters. The SMILES string of the molecule is C.CC.CCN(CC)c1ccc2c(-c3ccccc3C(=O)N3CCN(C(=O)CC[C@H](NC(=O)CCOCCOCCNC)C(=O)NCCOCCOCCC(=O)N[C@@H](CCCCNC(=O)CO[C@H]4CC[C@@]5(C)C(=CCC6C5CC[C@@]5(C)C6CC[C@@H]5C(C)CCCC(C)C)C4)C(N)=O)CC3)c3ccc(=[N+](CC)CC)cc-3oc2c1. The van der Waals surface area contributed by atoms with Crippen LogP contribution in [-0.2, 0) is 52.5 Å². The third-order valence-electron chi connectivity index (χ3n) is 25.0. The van der Waals surface area contributed by atoms with Gasteiger partial charge in [0.25, 0.3) is 5.91 Å². The van der Waals surface area contributed by atoms with Crippen LogP contribution in [0.15, 0.2) is 76.7 Å². The molecule has 630 valence electrons. The minimum absolute atomic E-state index is 0. The summed E-state index contributed by atoms with van der Waals surface area (Å²) >= 11 is 0. The second-order valence-corrected chi connectivity index (χ2v) is 32.2. The summed E-state index contributed by atoms with van der Waals surface area (Å²) in [4.78, 5) is 99.8. The van der Waals surface area contributed by atoms with E-state index in [4.69, 9.17) is 33.8 Å². The van der Waals surface area contributed by atoms with Crippen molar-refractivity contribution in [2.45, 2.75) is 217 Å². The highest BCUT2D eigenvalue weighted by Crippen LogP contribution is 2.67. The van der Waals surface area contributed by atoms with E-state index in [1.54, 1.807) is 15.4 Å². The van der Waals surface area contributed by atoms with E-state index < -0.39 is 29.8 Å². The summed E-state index contributed by atoms with van der Waals surface area (Å²) in [5.41, 5.74) is 12.8. The monoisotopic (exact) mass is 1570 g/mol. The number of nitrogens with one attached hydrogen (secondary N) is 5. The van der Waals surface area contributed by atoms with Gasteiger partial charge in [-0.05, 0) is 188 Å². The Kier molecular flexibility index (Phi) is 38.7. The van der Waals surface area contributed by atoms with Crippen molar-refractivity contribution in [3.8, 4) is 22.5 Å². The van der Waals surface area contributed by atoms with Crippen LogP contribution in [-0.4, -0.2) is 208 Å². The van der Waals surface area contributed by atoms with Crippen molar-refractivity contribution in [1.29, 1.82) is 0 Å². The number of fused-ring (bicyclic) bond motifs is 7. The molecule has 7 aliphatic rings. The number of piperazine rings is 1. The number of carbonyl (C=O) groups excluding carboxylic acids is 7. The van der Waals surface area contributed by atoms with Crippen molar-refractivity contribution in [2.24, 2.45) is 52.1 Å². The van der Waals surface area contributed by atoms with Gasteiger partial charge in [-0.25, -0.2) is 4.58 Å². The maximum Gasteiger partial charge on any atom is 0.254 e. The van der Waals surface area contributed by atoms with E-state index in [1.165, 1.54) is 51.4 Å². The van der Waals surface area contributed by atoms with E-state index >= 15 is 0 Å². The Morgan fingerprint density at radius 3 is 1.98 bits per heavy atom. The zero-order valence-electron chi connectivity index (χ0n) is 70.1. The molecule has 4 fully saturated rings. The molecule has 0 radical (unpaired) electrons. The average molecular weight is 1570 g/mol. The van der Waals surface area contributed by atoms with E-state index in [0.717, 1.165) is 125 Å². The zero-order valence-corrected chi connectivity index (χ0v) is 70.1. The average Bonchev–Trinajstić information content (AvgIpc) is 1.61. The molecule has 0 spiro atoms. The Morgan fingerprint density at radius 1 is 0.655 bits per heavy atom. The fourth-order valence-electron chi connectivity index (χ4n) is 18.7. The third-order valence-corrected chi connectivity index (χ3v) is 25.0. The number of benzene rings is 3. The van der Waals surface area contributed by atoms with Gasteiger partial charge in [0.1, 0.15) is 43.1 Å². The van der Waals surface area contributed by atoms with E-state index in [-0.39, 0.29) is 128 Å². The number of hydrogen-bond donors (Lipinski definition) is 6. The van der Waals surface area contributed by atoms with Gasteiger partial charge in [0.05, 0.1) is 65.0 Å². The van der Waals surface area contributed by atoms with E-state index in [2.05, 4.69) is 141 Å². The van der Waals surface area contributed by atoms with Gasteiger partial charge in [-0.15, -0.1) is 0 Å². The number of nitrogens with two attached hydrogens (primary N) is 1. The Balaban J connectivity index is 0.00000585.